The Morgan fingerprint density at radius 2 is 1.83 bits per heavy atom. The van der Waals surface area contributed by atoms with E-state index in [-0.39, 0.29) is 5.41 Å². The third kappa shape index (κ3) is 2.72. The molecule has 0 bridgehead atoms. The van der Waals surface area contributed by atoms with Crippen molar-refractivity contribution in [1.29, 1.82) is 0 Å². The van der Waals surface area contributed by atoms with Crippen LogP contribution in [0.5, 0.6) is 0 Å². The fraction of sp³-hybridized carbons (Fsp3) is 0.600. The van der Waals surface area contributed by atoms with Gasteiger partial charge in [0.1, 0.15) is 11.6 Å². The van der Waals surface area contributed by atoms with E-state index < -0.39 is 11.6 Å². The van der Waals surface area contributed by atoms with Gasteiger partial charge in [0.05, 0.1) is 0 Å². The summed E-state index contributed by atoms with van der Waals surface area (Å²) in [7, 11) is 0. The Hall–Kier alpha value is -0.960. The third-order valence-corrected chi connectivity index (χ3v) is 3.84. The van der Waals surface area contributed by atoms with Gasteiger partial charge in [-0.2, -0.15) is 0 Å². The van der Waals surface area contributed by atoms with E-state index in [1.54, 1.807) is 0 Å². The van der Waals surface area contributed by atoms with Gasteiger partial charge < -0.3 is 5.32 Å². The molecule has 1 saturated carbocycles. The molecule has 0 unspecified atom stereocenters. The van der Waals surface area contributed by atoms with Crippen molar-refractivity contribution in [2.75, 3.05) is 13.1 Å². The zero-order valence-electron chi connectivity index (χ0n) is 11.1. The summed E-state index contributed by atoms with van der Waals surface area (Å²) in [5, 5.41) is 3.39. The minimum atomic E-state index is -0.473. The molecule has 1 aliphatic rings. The predicted molar refractivity (Wildman–Crippen MR) is 69.6 cm³/mol. The second kappa shape index (κ2) is 5.35. The molecular weight excluding hydrogens is 232 g/mol. The number of hydrogen-bond acceptors (Lipinski definition) is 1. The van der Waals surface area contributed by atoms with Gasteiger partial charge in [-0.05, 0) is 49.4 Å². The van der Waals surface area contributed by atoms with Gasteiger partial charge in [-0.15, -0.1) is 0 Å². The van der Waals surface area contributed by atoms with Crippen LogP contribution in [0, 0.1) is 17.6 Å². The summed E-state index contributed by atoms with van der Waals surface area (Å²) in [5.74, 6) is -0.307. The van der Waals surface area contributed by atoms with Crippen LogP contribution in [0.2, 0.25) is 0 Å². The molecule has 0 radical (unpaired) electrons. The van der Waals surface area contributed by atoms with Gasteiger partial charge in [-0.3, -0.25) is 0 Å². The molecule has 100 valence electrons. The molecule has 0 aromatic heterocycles. The summed E-state index contributed by atoms with van der Waals surface area (Å²) in [5.41, 5.74) is 0.735. The van der Waals surface area contributed by atoms with Gasteiger partial charge >= 0.3 is 0 Å². The van der Waals surface area contributed by atoms with Crippen LogP contribution in [0.25, 0.3) is 0 Å². The van der Waals surface area contributed by atoms with Crippen molar-refractivity contribution in [2.45, 2.75) is 38.5 Å². The van der Waals surface area contributed by atoms with Crippen LogP contribution in [0.1, 0.15) is 38.7 Å². The van der Waals surface area contributed by atoms with Gasteiger partial charge in [0.2, 0.25) is 0 Å². The van der Waals surface area contributed by atoms with Gasteiger partial charge in [0.15, 0.2) is 0 Å². The molecule has 0 atom stereocenters. The van der Waals surface area contributed by atoms with Crippen molar-refractivity contribution in [2.24, 2.45) is 5.92 Å². The van der Waals surface area contributed by atoms with Crippen molar-refractivity contribution in [3.05, 3.63) is 35.4 Å². The van der Waals surface area contributed by atoms with Crippen molar-refractivity contribution in [1.82, 2.24) is 5.32 Å². The Bertz CT molecular complexity index is 391. The van der Waals surface area contributed by atoms with E-state index in [1.807, 2.05) is 0 Å². The second-order valence-electron chi connectivity index (χ2n) is 5.63. The van der Waals surface area contributed by atoms with E-state index in [2.05, 4.69) is 19.2 Å². The Kier molecular flexibility index (Phi) is 4.00. The molecule has 0 spiro atoms. The first kappa shape index (κ1) is 13.5. The van der Waals surface area contributed by atoms with E-state index in [0.717, 1.165) is 44.0 Å². The normalized spacial score (nSPS) is 27.0. The molecule has 1 aromatic rings. The molecule has 1 aliphatic carbocycles. The number of nitrogens with one attached hydrogen (secondary N) is 1. The molecule has 1 fully saturated rings. The Morgan fingerprint density at radius 1 is 1.22 bits per heavy atom. The average molecular weight is 253 g/mol. The monoisotopic (exact) mass is 253 g/mol. The minimum Gasteiger partial charge on any atom is -0.316 e. The molecule has 0 aliphatic heterocycles. The first-order valence-electron chi connectivity index (χ1n) is 6.73. The third-order valence-electron chi connectivity index (χ3n) is 3.84. The molecule has 3 heteroatoms. The fourth-order valence-corrected chi connectivity index (χ4v) is 3.12. The van der Waals surface area contributed by atoms with Crippen molar-refractivity contribution < 1.29 is 8.78 Å². The summed E-state index contributed by atoms with van der Waals surface area (Å²) in [6, 6.07) is 3.92. The molecule has 18 heavy (non-hydrogen) atoms. The number of halogens is 2. The molecular formula is C15H21F2N. The van der Waals surface area contributed by atoms with E-state index in [4.69, 9.17) is 0 Å². The molecule has 0 saturated heterocycles. The predicted octanol–water partition coefficient (Wildman–Crippen LogP) is 3.63. The van der Waals surface area contributed by atoms with E-state index >= 15 is 0 Å². The Balaban J connectivity index is 2.18. The van der Waals surface area contributed by atoms with Gasteiger partial charge in [0, 0.05) is 18.0 Å². The van der Waals surface area contributed by atoms with Crippen LogP contribution in [0.15, 0.2) is 18.2 Å². The summed E-state index contributed by atoms with van der Waals surface area (Å²) in [4.78, 5) is 0. The maximum atomic E-state index is 13.3. The lowest BCUT2D eigenvalue weighted by atomic mass is 9.59. The molecule has 1 nitrogen and oxygen atoms in total. The second-order valence-corrected chi connectivity index (χ2v) is 5.63. The largest absolute Gasteiger partial charge is 0.316 e. The lowest BCUT2D eigenvalue weighted by Crippen LogP contribution is -2.48. The summed E-state index contributed by atoms with van der Waals surface area (Å²) < 4.78 is 26.7. The van der Waals surface area contributed by atoms with Gasteiger partial charge in [0.25, 0.3) is 0 Å². The topological polar surface area (TPSA) is 12.0 Å². The molecule has 1 N–H and O–H groups in total. The summed E-state index contributed by atoms with van der Waals surface area (Å²) in [6.45, 7) is 6.07. The molecule has 1 aromatic carbocycles. The first-order valence-corrected chi connectivity index (χ1v) is 6.73. The fourth-order valence-electron chi connectivity index (χ4n) is 3.12. The van der Waals surface area contributed by atoms with E-state index in [0.29, 0.717) is 5.92 Å². The first-order chi connectivity index (χ1) is 8.55. The highest BCUT2D eigenvalue weighted by Crippen LogP contribution is 2.47. The Labute approximate surface area is 108 Å². The van der Waals surface area contributed by atoms with Crippen molar-refractivity contribution >= 4 is 0 Å². The van der Waals surface area contributed by atoms with Crippen molar-refractivity contribution in [3.63, 3.8) is 0 Å². The summed E-state index contributed by atoms with van der Waals surface area (Å²) >= 11 is 0. The van der Waals surface area contributed by atoms with E-state index in [9.17, 15) is 8.78 Å². The highest BCUT2D eigenvalue weighted by molar-refractivity contribution is 5.30. The zero-order valence-corrected chi connectivity index (χ0v) is 11.1. The van der Waals surface area contributed by atoms with Crippen LogP contribution in [0.3, 0.4) is 0 Å². The highest BCUT2D eigenvalue weighted by atomic mass is 19.1. The molecule has 0 amide bonds. The summed E-state index contributed by atoms with van der Waals surface area (Å²) in [6.07, 6.45) is 3.09. The van der Waals surface area contributed by atoms with Crippen LogP contribution < -0.4 is 5.32 Å². The Morgan fingerprint density at radius 3 is 2.33 bits per heavy atom. The number of hydrogen-bond donors (Lipinski definition) is 1. The molecule has 2 rings (SSSR count). The quantitative estimate of drug-likeness (QED) is 0.790. The SMILES string of the molecule is CCCNCC1(c2cc(F)cc(F)c2)CC(C)C1. The van der Waals surface area contributed by atoms with Crippen molar-refractivity contribution in [3.8, 4) is 0 Å². The lowest BCUT2D eigenvalue weighted by molar-refractivity contribution is 0.152. The smallest absolute Gasteiger partial charge is 0.126 e. The zero-order chi connectivity index (χ0) is 13.2. The minimum absolute atomic E-state index is 0.0719. The maximum absolute atomic E-state index is 13.3. The lowest BCUT2D eigenvalue weighted by Gasteiger charge is -2.47. The average Bonchev–Trinajstić information content (AvgIpc) is 2.25. The number of benzene rings is 1. The van der Waals surface area contributed by atoms with Gasteiger partial charge in [-0.25, -0.2) is 8.78 Å². The van der Waals surface area contributed by atoms with E-state index in [1.165, 1.54) is 12.1 Å². The highest BCUT2D eigenvalue weighted by Gasteiger charge is 2.43. The van der Waals surface area contributed by atoms with Crippen LogP contribution in [-0.4, -0.2) is 13.1 Å². The molecule has 0 heterocycles. The van der Waals surface area contributed by atoms with Gasteiger partial charge in [-0.1, -0.05) is 13.8 Å². The number of rotatable bonds is 5. The van der Waals surface area contributed by atoms with Crippen LogP contribution in [0.4, 0.5) is 8.78 Å². The standard InChI is InChI=1S/C15H21F2N/c1-3-4-18-10-15(8-11(2)9-15)12-5-13(16)7-14(17)6-12/h5-7,11,18H,3-4,8-10H2,1-2H3. The maximum Gasteiger partial charge on any atom is 0.126 e. The van der Waals surface area contributed by atoms with Crippen LogP contribution >= 0.6 is 0 Å². The van der Waals surface area contributed by atoms with Crippen LogP contribution in [-0.2, 0) is 5.41 Å².